The summed E-state index contributed by atoms with van der Waals surface area (Å²) < 4.78 is 25.4. The minimum Gasteiger partial charge on any atom is -0.366 e. The zero-order valence-electron chi connectivity index (χ0n) is 17.1. The van der Waals surface area contributed by atoms with Crippen molar-refractivity contribution >= 4 is 26.6 Å². The quantitative estimate of drug-likeness (QED) is 0.643. The number of hydrogen-bond acceptors (Lipinski definition) is 6. The van der Waals surface area contributed by atoms with Crippen LogP contribution in [-0.4, -0.2) is 45.3 Å². The lowest BCUT2D eigenvalue weighted by Crippen LogP contribution is -2.11. The van der Waals surface area contributed by atoms with E-state index in [9.17, 15) is 13.2 Å². The highest BCUT2D eigenvalue weighted by molar-refractivity contribution is 7.91. The summed E-state index contributed by atoms with van der Waals surface area (Å²) in [6.45, 7) is 4.09. The van der Waals surface area contributed by atoms with Crippen LogP contribution >= 0.6 is 0 Å². The van der Waals surface area contributed by atoms with Crippen molar-refractivity contribution in [2.24, 2.45) is 11.7 Å². The van der Waals surface area contributed by atoms with Gasteiger partial charge in [-0.3, -0.25) is 9.78 Å². The van der Waals surface area contributed by atoms with Gasteiger partial charge < -0.3 is 10.3 Å². The van der Waals surface area contributed by atoms with Gasteiger partial charge in [0.2, 0.25) is 0 Å². The largest absolute Gasteiger partial charge is 0.366 e. The monoisotopic (exact) mass is 427 g/mol. The van der Waals surface area contributed by atoms with Crippen molar-refractivity contribution in [3.05, 3.63) is 53.5 Å². The maximum atomic E-state index is 11.8. The zero-order chi connectivity index (χ0) is 21.5. The highest BCUT2D eigenvalue weighted by atomic mass is 32.2. The highest BCUT2D eigenvalue weighted by Gasteiger charge is 2.28. The number of nitrogens with zero attached hydrogens (tertiary/aromatic N) is 4. The molecule has 1 saturated heterocycles. The van der Waals surface area contributed by atoms with Gasteiger partial charge in [0.25, 0.3) is 5.91 Å². The summed E-state index contributed by atoms with van der Waals surface area (Å²) in [4.78, 5) is 25.2. The first-order valence-corrected chi connectivity index (χ1v) is 11.8. The maximum absolute atomic E-state index is 11.8. The molecule has 2 N–H and O–H groups in total. The van der Waals surface area contributed by atoms with Crippen LogP contribution in [0.4, 0.5) is 0 Å². The average Bonchev–Trinajstić information content (AvgIpc) is 3.21. The van der Waals surface area contributed by atoms with Crippen LogP contribution in [0.3, 0.4) is 0 Å². The second-order valence-electron chi connectivity index (χ2n) is 8.22. The summed E-state index contributed by atoms with van der Waals surface area (Å²) in [6, 6.07) is 3.98. The first-order valence-electron chi connectivity index (χ1n) is 10.0. The average molecular weight is 428 g/mol. The van der Waals surface area contributed by atoms with Crippen LogP contribution in [-0.2, 0) is 22.7 Å². The van der Waals surface area contributed by atoms with Crippen molar-refractivity contribution in [3.63, 3.8) is 0 Å². The predicted molar refractivity (Wildman–Crippen MR) is 114 cm³/mol. The molecule has 0 radical (unpaired) electrons. The Kier molecular flexibility index (Phi) is 5.31. The molecule has 1 unspecified atom stereocenters. The minimum atomic E-state index is -2.91. The van der Waals surface area contributed by atoms with Crippen molar-refractivity contribution in [2.75, 3.05) is 11.5 Å². The Morgan fingerprint density at radius 2 is 2.10 bits per heavy atom. The molecule has 9 heteroatoms. The molecule has 1 aliphatic rings. The topological polar surface area (TPSA) is 121 Å². The summed E-state index contributed by atoms with van der Waals surface area (Å²) in [7, 11) is -2.91. The number of aromatic nitrogens is 4. The minimum absolute atomic E-state index is 0.0845. The molecule has 1 atom stereocenters. The SMILES string of the molecule is CC(C)n1cc(C(N)=O)c2cnc(Cc3ccnc(CC4CCS(=O)(=O)C4)n3)cc21. The molecule has 0 aliphatic carbocycles. The fourth-order valence-electron chi connectivity index (χ4n) is 4.02. The van der Waals surface area contributed by atoms with Crippen molar-refractivity contribution in [1.29, 1.82) is 0 Å². The smallest absolute Gasteiger partial charge is 0.250 e. The summed E-state index contributed by atoms with van der Waals surface area (Å²) in [5.41, 5.74) is 8.55. The van der Waals surface area contributed by atoms with Crippen molar-refractivity contribution < 1.29 is 13.2 Å². The second-order valence-corrected chi connectivity index (χ2v) is 10.4. The molecule has 1 fully saturated rings. The summed E-state index contributed by atoms with van der Waals surface area (Å²) >= 11 is 0. The third kappa shape index (κ3) is 4.21. The van der Waals surface area contributed by atoms with Gasteiger partial charge >= 0.3 is 0 Å². The zero-order valence-corrected chi connectivity index (χ0v) is 17.9. The maximum Gasteiger partial charge on any atom is 0.250 e. The van der Waals surface area contributed by atoms with Gasteiger partial charge in [0.05, 0.1) is 28.3 Å². The Morgan fingerprint density at radius 1 is 1.30 bits per heavy atom. The van der Waals surface area contributed by atoms with Crippen LogP contribution in [0.25, 0.3) is 10.9 Å². The predicted octanol–water partition coefficient (Wildman–Crippen LogP) is 2.07. The van der Waals surface area contributed by atoms with E-state index in [1.165, 1.54) is 0 Å². The molecule has 3 aromatic heterocycles. The standard InChI is InChI=1S/C21H25N5O3S/c1-13(2)26-11-18(21(22)27)17-10-24-16(9-19(17)26)8-15-3-5-23-20(25-15)7-14-4-6-30(28,29)12-14/h3,5,9-11,13-14H,4,6-8,12H2,1-2H3,(H2,22,27). The van der Waals surface area contributed by atoms with Crippen LogP contribution in [0.1, 0.15) is 53.9 Å². The number of rotatable bonds is 6. The number of carbonyl (C=O) groups is 1. The second kappa shape index (κ2) is 7.79. The number of fused-ring (bicyclic) bond motifs is 1. The highest BCUT2D eigenvalue weighted by Crippen LogP contribution is 2.25. The van der Waals surface area contributed by atoms with E-state index in [4.69, 9.17) is 5.73 Å². The molecule has 0 aromatic carbocycles. The number of nitrogens with two attached hydrogens (primary N) is 1. The van der Waals surface area contributed by atoms with E-state index in [0.29, 0.717) is 30.7 Å². The van der Waals surface area contributed by atoms with E-state index in [1.807, 2.05) is 30.5 Å². The number of primary amides is 1. The Hall–Kier alpha value is -2.81. The Labute approximate surface area is 175 Å². The number of amides is 1. The first kappa shape index (κ1) is 20.5. The van der Waals surface area contributed by atoms with E-state index in [-0.39, 0.29) is 23.5 Å². The Morgan fingerprint density at radius 3 is 2.77 bits per heavy atom. The Bertz CT molecular complexity index is 1220. The lowest BCUT2D eigenvalue weighted by Gasteiger charge is -2.10. The molecular weight excluding hydrogens is 402 g/mol. The van der Waals surface area contributed by atoms with E-state index >= 15 is 0 Å². The van der Waals surface area contributed by atoms with Crippen LogP contribution in [0.2, 0.25) is 0 Å². The van der Waals surface area contributed by atoms with Gasteiger partial charge in [-0.15, -0.1) is 0 Å². The summed E-state index contributed by atoms with van der Waals surface area (Å²) in [6.07, 6.45) is 6.93. The molecule has 158 valence electrons. The number of sulfone groups is 1. The Balaban J connectivity index is 1.58. The number of hydrogen-bond donors (Lipinski definition) is 1. The fourth-order valence-corrected chi connectivity index (χ4v) is 5.88. The fraction of sp³-hybridized carbons (Fsp3) is 0.429. The molecule has 8 nitrogen and oxygen atoms in total. The van der Waals surface area contributed by atoms with Crippen molar-refractivity contribution in [2.45, 2.75) is 39.2 Å². The van der Waals surface area contributed by atoms with Crippen LogP contribution < -0.4 is 5.73 Å². The molecular formula is C21H25N5O3S. The van der Waals surface area contributed by atoms with Gasteiger partial charge in [-0.05, 0) is 38.3 Å². The van der Waals surface area contributed by atoms with Gasteiger partial charge in [-0.1, -0.05) is 0 Å². The molecule has 30 heavy (non-hydrogen) atoms. The third-order valence-corrected chi connectivity index (χ3v) is 7.36. The normalized spacial score (nSPS) is 18.3. The van der Waals surface area contributed by atoms with E-state index in [1.54, 1.807) is 18.6 Å². The third-order valence-electron chi connectivity index (χ3n) is 5.52. The summed E-state index contributed by atoms with van der Waals surface area (Å²) in [5, 5.41) is 0.741. The molecule has 3 aromatic rings. The first-order chi connectivity index (χ1) is 14.2. The van der Waals surface area contributed by atoms with Gasteiger partial charge in [0.15, 0.2) is 9.84 Å². The van der Waals surface area contributed by atoms with E-state index in [2.05, 4.69) is 15.0 Å². The van der Waals surface area contributed by atoms with Gasteiger partial charge in [0.1, 0.15) is 5.82 Å². The molecule has 1 aliphatic heterocycles. The van der Waals surface area contributed by atoms with Crippen LogP contribution in [0, 0.1) is 5.92 Å². The lowest BCUT2D eigenvalue weighted by atomic mass is 10.0. The van der Waals surface area contributed by atoms with E-state index < -0.39 is 15.7 Å². The molecule has 0 bridgehead atoms. The van der Waals surface area contributed by atoms with Crippen molar-refractivity contribution in [3.8, 4) is 0 Å². The van der Waals surface area contributed by atoms with Gasteiger partial charge in [0, 0.05) is 48.6 Å². The molecule has 1 amide bonds. The van der Waals surface area contributed by atoms with E-state index in [0.717, 1.165) is 22.3 Å². The van der Waals surface area contributed by atoms with Gasteiger partial charge in [-0.2, -0.15) is 0 Å². The van der Waals surface area contributed by atoms with Crippen LogP contribution in [0.15, 0.2) is 30.7 Å². The number of carbonyl (C=O) groups excluding carboxylic acids is 1. The van der Waals surface area contributed by atoms with Gasteiger partial charge in [-0.25, -0.2) is 18.4 Å². The molecule has 4 rings (SSSR count). The van der Waals surface area contributed by atoms with Crippen molar-refractivity contribution in [1.82, 2.24) is 19.5 Å². The summed E-state index contributed by atoms with van der Waals surface area (Å²) in [5.74, 6) is 0.749. The number of pyridine rings is 1. The molecule has 0 saturated carbocycles. The molecule has 0 spiro atoms. The lowest BCUT2D eigenvalue weighted by molar-refractivity contribution is 0.100. The molecule has 4 heterocycles. The van der Waals surface area contributed by atoms with Crippen LogP contribution in [0.5, 0.6) is 0 Å².